The summed E-state index contributed by atoms with van der Waals surface area (Å²) in [6.45, 7) is 4.68. The van der Waals surface area contributed by atoms with Crippen LogP contribution in [0.2, 0.25) is 0 Å². The number of halogens is 1. The Morgan fingerprint density at radius 3 is 2.79 bits per heavy atom. The van der Waals surface area contributed by atoms with Gasteiger partial charge in [0.15, 0.2) is 11.4 Å². The lowest BCUT2D eigenvalue weighted by Crippen LogP contribution is -2.43. The summed E-state index contributed by atoms with van der Waals surface area (Å²) in [5.74, 6) is -0.893. The van der Waals surface area contributed by atoms with Crippen LogP contribution < -0.4 is 20.1 Å². The largest absolute Gasteiger partial charge is 0.489 e. The van der Waals surface area contributed by atoms with Crippen LogP contribution >= 0.6 is 0 Å². The van der Waals surface area contributed by atoms with Crippen molar-refractivity contribution in [2.45, 2.75) is 24.8 Å². The Bertz CT molecular complexity index is 1100. The fraction of sp³-hybridized carbons (Fsp3) is 0.421. The molecule has 3 heterocycles. The highest BCUT2D eigenvalue weighted by molar-refractivity contribution is 7.89. The number of nitrogens with zero attached hydrogens (tertiary/aromatic N) is 1. The van der Waals surface area contributed by atoms with Crippen molar-refractivity contribution in [2.24, 2.45) is 13.0 Å². The molecule has 1 amide bonds. The van der Waals surface area contributed by atoms with Crippen LogP contribution in [0.25, 0.3) is 0 Å². The van der Waals surface area contributed by atoms with Gasteiger partial charge in [0.05, 0.1) is 6.61 Å². The van der Waals surface area contributed by atoms with E-state index in [1.54, 1.807) is 20.9 Å². The highest BCUT2D eigenvalue weighted by atomic mass is 32.2. The zero-order valence-electron chi connectivity index (χ0n) is 16.4. The Balaban J connectivity index is 1.75. The molecular weight excluding hydrogens is 399 g/mol. The van der Waals surface area contributed by atoms with Gasteiger partial charge in [0.1, 0.15) is 10.7 Å². The maximum Gasteiger partial charge on any atom is 0.276 e. The van der Waals surface area contributed by atoms with Gasteiger partial charge in [-0.3, -0.25) is 4.79 Å². The maximum absolute atomic E-state index is 13.5. The van der Waals surface area contributed by atoms with Crippen LogP contribution in [0.4, 0.5) is 10.1 Å². The first-order valence-corrected chi connectivity index (χ1v) is 10.8. The number of fused-ring (bicyclic) bond motifs is 2. The lowest BCUT2D eigenvalue weighted by Gasteiger charge is -2.24. The molecular formula is C19H23FN4O4S. The monoisotopic (exact) mass is 422 g/mol. The van der Waals surface area contributed by atoms with Crippen LogP contribution in [0, 0.1) is 25.6 Å². The van der Waals surface area contributed by atoms with Gasteiger partial charge < -0.3 is 19.9 Å². The standard InChI is InChI=1S/C19H23FN4O4S/c1-10-6-13(4-5-14(10)20)22-19(25)16-17-18(11(2)24(16)3)29(26,27)23-15-8-21-7-12(15)9-28-17/h4-6,12,15,21,23H,7-9H2,1-3H3,(H,22,25)/t12-,15-/m0/s1. The summed E-state index contributed by atoms with van der Waals surface area (Å²) < 4.78 is 49.7. The van der Waals surface area contributed by atoms with Gasteiger partial charge in [0.2, 0.25) is 10.0 Å². The third-order valence-corrected chi connectivity index (χ3v) is 7.21. The number of carbonyl (C=O) groups is 1. The predicted molar refractivity (Wildman–Crippen MR) is 105 cm³/mol. The van der Waals surface area contributed by atoms with Crippen molar-refractivity contribution in [3.05, 3.63) is 41.0 Å². The third kappa shape index (κ3) is 3.41. The van der Waals surface area contributed by atoms with Crippen molar-refractivity contribution in [3.63, 3.8) is 0 Å². The van der Waals surface area contributed by atoms with Crippen molar-refractivity contribution in [1.82, 2.24) is 14.6 Å². The molecule has 0 spiro atoms. The summed E-state index contributed by atoms with van der Waals surface area (Å²) in [6.07, 6.45) is 0. The van der Waals surface area contributed by atoms with Gasteiger partial charge >= 0.3 is 0 Å². The fourth-order valence-corrected chi connectivity index (χ4v) is 5.58. The molecule has 0 radical (unpaired) electrons. The molecule has 1 aromatic heterocycles. The van der Waals surface area contributed by atoms with Crippen molar-refractivity contribution in [3.8, 4) is 5.75 Å². The van der Waals surface area contributed by atoms with E-state index in [0.29, 0.717) is 30.0 Å². The lowest BCUT2D eigenvalue weighted by atomic mass is 10.1. The van der Waals surface area contributed by atoms with E-state index in [-0.39, 0.29) is 40.7 Å². The molecule has 2 aliphatic rings. The Hall–Kier alpha value is -2.43. The van der Waals surface area contributed by atoms with Gasteiger partial charge in [0, 0.05) is 43.5 Å². The second-order valence-corrected chi connectivity index (χ2v) is 9.18. The minimum atomic E-state index is -3.87. The molecule has 1 fully saturated rings. The van der Waals surface area contributed by atoms with Gasteiger partial charge in [-0.05, 0) is 37.6 Å². The number of nitrogens with one attached hydrogen (secondary N) is 3. The molecule has 0 unspecified atom stereocenters. The smallest absolute Gasteiger partial charge is 0.276 e. The Morgan fingerprint density at radius 2 is 2.07 bits per heavy atom. The van der Waals surface area contributed by atoms with Gasteiger partial charge in [0.25, 0.3) is 5.91 Å². The number of ether oxygens (including phenoxy) is 1. The Kier molecular flexibility index (Phi) is 4.88. The summed E-state index contributed by atoms with van der Waals surface area (Å²) in [5.41, 5.74) is 1.31. The van der Waals surface area contributed by atoms with Crippen molar-refractivity contribution < 1.29 is 22.3 Å². The van der Waals surface area contributed by atoms with Crippen molar-refractivity contribution in [1.29, 1.82) is 0 Å². The number of anilines is 1. The molecule has 1 saturated heterocycles. The minimum absolute atomic E-state index is 0.0224. The normalized spacial score (nSPS) is 22.8. The molecule has 0 saturated carbocycles. The van der Waals surface area contributed by atoms with Crippen LogP contribution in [0.1, 0.15) is 21.7 Å². The summed E-state index contributed by atoms with van der Waals surface area (Å²) >= 11 is 0. The number of amides is 1. The average Bonchev–Trinajstić information content (AvgIpc) is 3.17. The molecule has 2 aliphatic heterocycles. The summed E-state index contributed by atoms with van der Waals surface area (Å²) in [4.78, 5) is 13.0. The van der Waals surface area contributed by atoms with E-state index in [0.717, 1.165) is 0 Å². The number of benzene rings is 1. The maximum atomic E-state index is 13.5. The van der Waals surface area contributed by atoms with Gasteiger partial charge in [-0.15, -0.1) is 0 Å². The molecule has 156 valence electrons. The lowest BCUT2D eigenvalue weighted by molar-refractivity contribution is 0.101. The van der Waals surface area contributed by atoms with E-state index in [2.05, 4.69) is 15.4 Å². The number of aryl methyl sites for hydroxylation is 1. The van der Waals surface area contributed by atoms with E-state index in [4.69, 9.17) is 4.74 Å². The second-order valence-electron chi connectivity index (χ2n) is 7.53. The highest BCUT2D eigenvalue weighted by Crippen LogP contribution is 2.36. The van der Waals surface area contributed by atoms with Gasteiger partial charge in [-0.1, -0.05) is 0 Å². The van der Waals surface area contributed by atoms with E-state index in [1.807, 2.05) is 0 Å². The molecule has 1 aromatic carbocycles. The number of hydrogen-bond acceptors (Lipinski definition) is 5. The van der Waals surface area contributed by atoms with Crippen LogP contribution in [0.3, 0.4) is 0 Å². The Morgan fingerprint density at radius 1 is 1.31 bits per heavy atom. The first-order chi connectivity index (χ1) is 13.7. The van der Waals surface area contributed by atoms with Crippen LogP contribution in [-0.4, -0.2) is 44.6 Å². The van der Waals surface area contributed by atoms with E-state index >= 15 is 0 Å². The van der Waals surface area contributed by atoms with Crippen molar-refractivity contribution in [2.75, 3.05) is 25.0 Å². The third-order valence-electron chi connectivity index (χ3n) is 5.58. The molecule has 0 bridgehead atoms. The van der Waals surface area contributed by atoms with Crippen LogP contribution in [0.5, 0.6) is 5.75 Å². The number of rotatable bonds is 2. The van der Waals surface area contributed by atoms with E-state index in [1.165, 1.54) is 22.8 Å². The van der Waals surface area contributed by atoms with Gasteiger partial charge in [-0.25, -0.2) is 17.5 Å². The molecule has 0 aliphatic carbocycles. The zero-order chi connectivity index (χ0) is 20.9. The molecule has 10 heteroatoms. The number of carbonyl (C=O) groups excluding carboxylic acids is 1. The number of aromatic nitrogens is 1. The minimum Gasteiger partial charge on any atom is -0.489 e. The number of hydrogen-bond donors (Lipinski definition) is 3. The quantitative estimate of drug-likeness (QED) is 0.677. The van der Waals surface area contributed by atoms with Crippen molar-refractivity contribution >= 4 is 21.6 Å². The molecule has 8 nitrogen and oxygen atoms in total. The molecule has 2 aromatic rings. The van der Waals surface area contributed by atoms with Gasteiger partial charge in [-0.2, -0.15) is 0 Å². The summed E-state index contributed by atoms with van der Waals surface area (Å²) in [5, 5.41) is 5.87. The fourth-order valence-electron chi connectivity index (χ4n) is 3.86. The first-order valence-electron chi connectivity index (χ1n) is 9.31. The Labute approximate surface area is 168 Å². The topological polar surface area (TPSA) is 101 Å². The molecule has 2 atom stereocenters. The van der Waals surface area contributed by atoms with E-state index < -0.39 is 15.9 Å². The number of sulfonamides is 1. The van der Waals surface area contributed by atoms with Crippen LogP contribution in [0.15, 0.2) is 23.1 Å². The summed E-state index contributed by atoms with van der Waals surface area (Å²) in [7, 11) is -2.26. The highest BCUT2D eigenvalue weighted by Gasteiger charge is 2.40. The zero-order valence-corrected chi connectivity index (χ0v) is 17.2. The molecule has 3 N–H and O–H groups in total. The van der Waals surface area contributed by atoms with E-state index in [9.17, 15) is 17.6 Å². The van der Waals surface area contributed by atoms with Crippen LogP contribution in [-0.2, 0) is 17.1 Å². The molecule has 4 rings (SSSR count). The second kappa shape index (κ2) is 7.12. The summed E-state index contributed by atoms with van der Waals surface area (Å²) in [6, 6.07) is 3.98. The average molecular weight is 422 g/mol. The predicted octanol–water partition coefficient (Wildman–Crippen LogP) is 1.29. The first kappa shape index (κ1) is 19.9. The molecule has 29 heavy (non-hydrogen) atoms. The SMILES string of the molecule is Cc1cc(NC(=O)c2c3c(c(C)n2C)S(=O)(=O)N[C@H]2CNC[C@H]2CO3)ccc1F.